The van der Waals surface area contributed by atoms with Gasteiger partial charge < -0.3 is 9.67 Å². The molecule has 1 aromatic heterocycles. The van der Waals surface area contributed by atoms with Crippen LogP contribution in [0.4, 0.5) is 4.39 Å². The number of carbonyl (C=O) groups is 1. The molecule has 4 nitrogen and oxygen atoms in total. The van der Waals surface area contributed by atoms with E-state index in [1.54, 1.807) is 4.57 Å². The van der Waals surface area contributed by atoms with Gasteiger partial charge in [0.05, 0.1) is 17.5 Å². The molecular formula is C10H8ClFN2O2. The highest BCUT2D eigenvalue weighted by Crippen LogP contribution is 2.20. The third-order valence-corrected chi connectivity index (χ3v) is 2.50. The lowest BCUT2D eigenvalue weighted by molar-refractivity contribution is -0.137. The van der Waals surface area contributed by atoms with Gasteiger partial charge in [-0.2, -0.15) is 0 Å². The summed E-state index contributed by atoms with van der Waals surface area (Å²) in [5, 5.41) is 8.75. The highest BCUT2D eigenvalue weighted by molar-refractivity contribution is 6.29. The predicted octanol–water partition coefficient (Wildman–Crippen LogP) is 2.30. The molecule has 0 atom stereocenters. The van der Waals surface area contributed by atoms with Gasteiger partial charge in [-0.25, -0.2) is 9.37 Å². The van der Waals surface area contributed by atoms with Crippen molar-refractivity contribution in [1.82, 2.24) is 9.55 Å². The van der Waals surface area contributed by atoms with E-state index in [0.717, 1.165) is 0 Å². The maximum atomic E-state index is 12.9. The maximum absolute atomic E-state index is 12.9. The summed E-state index contributed by atoms with van der Waals surface area (Å²) in [5.41, 5.74) is 1.06. The predicted molar refractivity (Wildman–Crippen MR) is 57.0 cm³/mol. The largest absolute Gasteiger partial charge is 0.481 e. The van der Waals surface area contributed by atoms with Gasteiger partial charge in [0.25, 0.3) is 0 Å². The van der Waals surface area contributed by atoms with Crippen LogP contribution < -0.4 is 0 Å². The second-order valence-corrected chi connectivity index (χ2v) is 3.65. The summed E-state index contributed by atoms with van der Waals surface area (Å²) >= 11 is 5.84. The summed E-state index contributed by atoms with van der Waals surface area (Å²) in [6.45, 7) is 0.219. The van der Waals surface area contributed by atoms with E-state index in [1.165, 1.54) is 18.2 Å². The first-order valence-electron chi connectivity index (χ1n) is 4.61. The second-order valence-electron chi connectivity index (χ2n) is 3.31. The molecule has 0 aliphatic rings. The quantitative estimate of drug-likeness (QED) is 0.899. The number of aromatic nitrogens is 2. The number of aryl methyl sites for hydroxylation is 1. The number of carboxylic acid groups (broad SMARTS) is 1. The van der Waals surface area contributed by atoms with E-state index in [4.69, 9.17) is 16.7 Å². The van der Waals surface area contributed by atoms with Gasteiger partial charge in [-0.15, -0.1) is 0 Å². The molecular weight excluding hydrogens is 235 g/mol. The Bertz CT molecular complexity index is 553. The fraction of sp³-hybridized carbons (Fsp3) is 0.200. The molecule has 1 aromatic carbocycles. The van der Waals surface area contributed by atoms with E-state index in [1.807, 2.05) is 0 Å². The lowest BCUT2D eigenvalue weighted by atomic mass is 10.3. The van der Waals surface area contributed by atoms with Crippen molar-refractivity contribution in [3.63, 3.8) is 0 Å². The van der Waals surface area contributed by atoms with Gasteiger partial charge in [0, 0.05) is 12.6 Å². The molecule has 0 aliphatic carbocycles. The maximum Gasteiger partial charge on any atom is 0.305 e. The van der Waals surface area contributed by atoms with E-state index >= 15 is 0 Å². The molecule has 84 valence electrons. The number of halogens is 2. The molecule has 0 saturated heterocycles. The zero-order chi connectivity index (χ0) is 11.7. The molecule has 1 heterocycles. The highest BCUT2D eigenvalue weighted by atomic mass is 35.5. The molecule has 16 heavy (non-hydrogen) atoms. The van der Waals surface area contributed by atoms with E-state index in [2.05, 4.69) is 4.98 Å². The SMILES string of the molecule is O=C(O)CCn1c(Cl)nc2cc(F)ccc21. The van der Waals surface area contributed by atoms with Crippen molar-refractivity contribution in [2.24, 2.45) is 0 Å². The molecule has 0 fully saturated rings. The van der Waals surface area contributed by atoms with Crippen LogP contribution in [0.15, 0.2) is 18.2 Å². The normalized spacial score (nSPS) is 10.9. The van der Waals surface area contributed by atoms with Crippen molar-refractivity contribution in [2.75, 3.05) is 0 Å². The van der Waals surface area contributed by atoms with Gasteiger partial charge in [-0.1, -0.05) is 0 Å². The summed E-state index contributed by atoms with van der Waals surface area (Å²) < 4.78 is 14.5. The van der Waals surface area contributed by atoms with Crippen LogP contribution in [0, 0.1) is 5.82 Å². The van der Waals surface area contributed by atoms with Crippen molar-refractivity contribution in [3.8, 4) is 0 Å². The number of imidazole rings is 1. The van der Waals surface area contributed by atoms with Gasteiger partial charge in [0.1, 0.15) is 5.82 Å². The molecule has 0 radical (unpaired) electrons. The van der Waals surface area contributed by atoms with Crippen molar-refractivity contribution in [2.45, 2.75) is 13.0 Å². The number of benzene rings is 1. The van der Waals surface area contributed by atoms with E-state index in [9.17, 15) is 9.18 Å². The highest BCUT2D eigenvalue weighted by Gasteiger charge is 2.10. The van der Waals surface area contributed by atoms with Crippen molar-refractivity contribution in [3.05, 3.63) is 29.3 Å². The number of nitrogens with zero attached hydrogens (tertiary/aromatic N) is 2. The minimum Gasteiger partial charge on any atom is -0.481 e. The van der Waals surface area contributed by atoms with E-state index in [-0.39, 0.29) is 18.2 Å². The summed E-state index contributed by atoms with van der Waals surface area (Å²) in [7, 11) is 0. The molecule has 6 heteroatoms. The van der Waals surface area contributed by atoms with E-state index in [0.29, 0.717) is 11.0 Å². The average molecular weight is 243 g/mol. The third-order valence-electron chi connectivity index (χ3n) is 2.21. The molecule has 2 rings (SSSR count). The van der Waals surface area contributed by atoms with Gasteiger partial charge in [-0.3, -0.25) is 4.79 Å². The molecule has 0 saturated carbocycles. The third kappa shape index (κ3) is 1.99. The van der Waals surface area contributed by atoms with Crippen LogP contribution in [0.5, 0.6) is 0 Å². The molecule has 0 unspecified atom stereocenters. The van der Waals surface area contributed by atoms with Crippen LogP contribution in [0.1, 0.15) is 6.42 Å². The Morgan fingerprint density at radius 2 is 2.31 bits per heavy atom. The van der Waals surface area contributed by atoms with Gasteiger partial charge in [-0.05, 0) is 23.7 Å². The first-order valence-corrected chi connectivity index (χ1v) is 4.99. The van der Waals surface area contributed by atoms with Crippen LogP contribution in [-0.2, 0) is 11.3 Å². The van der Waals surface area contributed by atoms with Gasteiger partial charge in [0.15, 0.2) is 0 Å². The van der Waals surface area contributed by atoms with Crippen LogP contribution in [0.3, 0.4) is 0 Å². The Kier molecular flexibility index (Phi) is 2.78. The summed E-state index contributed by atoms with van der Waals surface area (Å²) in [4.78, 5) is 14.4. The van der Waals surface area contributed by atoms with Crippen molar-refractivity contribution in [1.29, 1.82) is 0 Å². The Labute approximate surface area is 95.3 Å². The van der Waals surface area contributed by atoms with Crippen LogP contribution in [0.25, 0.3) is 11.0 Å². The number of hydrogen-bond donors (Lipinski definition) is 1. The summed E-state index contributed by atoms with van der Waals surface area (Å²) in [5.74, 6) is -1.31. The van der Waals surface area contributed by atoms with E-state index < -0.39 is 11.8 Å². The lowest BCUT2D eigenvalue weighted by Crippen LogP contribution is -2.04. The van der Waals surface area contributed by atoms with Crippen molar-refractivity contribution >= 4 is 28.6 Å². The monoisotopic (exact) mass is 242 g/mol. The van der Waals surface area contributed by atoms with Crippen LogP contribution >= 0.6 is 11.6 Å². The average Bonchev–Trinajstić information content (AvgIpc) is 2.50. The zero-order valence-corrected chi connectivity index (χ0v) is 8.91. The summed E-state index contributed by atoms with van der Waals surface area (Å²) in [6, 6.07) is 4.08. The first-order chi connectivity index (χ1) is 7.58. The van der Waals surface area contributed by atoms with Crippen LogP contribution in [-0.4, -0.2) is 20.6 Å². The topological polar surface area (TPSA) is 55.1 Å². The number of carboxylic acids is 1. The first kappa shape index (κ1) is 10.9. The molecule has 0 bridgehead atoms. The number of rotatable bonds is 3. The molecule has 0 spiro atoms. The smallest absolute Gasteiger partial charge is 0.305 e. The number of aliphatic carboxylic acids is 1. The second kappa shape index (κ2) is 4.09. The zero-order valence-electron chi connectivity index (χ0n) is 8.15. The van der Waals surface area contributed by atoms with Crippen molar-refractivity contribution < 1.29 is 14.3 Å². The Hall–Kier alpha value is -1.62. The minimum atomic E-state index is -0.917. The van der Waals surface area contributed by atoms with Gasteiger partial charge >= 0.3 is 5.97 Å². The summed E-state index contributed by atoms with van der Waals surface area (Å²) in [6.07, 6.45) is -0.0530. The number of hydrogen-bond acceptors (Lipinski definition) is 2. The Morgan fingerprint density at radius 1 is 1.56 bits per heavy atom. The number of fused-ring (bicyclic) bond motifs is 1. The Balaban J connectivity index is 2.43. The lowest BCUT2D eigenvalue weighted by Gasteiger charge is -2.02. The van der Waals surface area contributed by atoms with Crippen LogP contribution in [0.2, 0.25) is 5.28 Å². The van der Waals surface area contributed by atoms with Gasteiger partial charge in [0.2, 0.25) is 5.28 Å². The fourth-order valence-electron chi connectivity index (χ4n) is 1.49. The molecule has 0 aliphatic heterocycles. The fourth-order valence-corrected chi connectivity index (χ4v) is 1.76. The molecule has 1 N–H and O–H groups in total. The Morgan fingerprint density at radius 3 is 3.00 bits per heavy atom. The minimum absolute atomic E-state index is 0.0530. The molecule has 0 amide bonds. The molecule has 2 aromatic rings. The standard InChI is InChI=1S/C10H8ClFN2O2/c11-10-13-7-5-6(12)1-2-8(7)14(10)4-3-9(15)16/h1-2,5H,3-4H2,(H,15,16).